The lowest BCUT2D eigenvalue weighted by Crippen LogP contribution is -2.30. The smallest absolute Gasteiger partial charge is 0.462 e. The highest BCUT2D eigenvalue weighted by Crippen LogP contribution is 2.43. The summed E-state index contributed by atoms with van der Waals surface area (Å²) in [5, 5.41) is 9.73. The van der Waals surface area contributed by atoms with Gasteiger partial charge in [-0.05, 0) is 77.0 Å². The number of phosphoric ester groups is 1. The third kappa shape index (κ3) is 44.9. The van der Waals surface area contributed by atoms with Gasteiger partial charge < -0.3 is 24.2 Å². The monoisotopic (exact) mass is 927 g/mol. The van der Waals surface area contributed by atoms with Gasteiger partial charge >= 0.3 is 25.7 Å². The van der Waals surface area contributed by atoms with E-state index in [0.29, 0.717) is 19.3 Å². The summed E-state index contributed by atoms with van der Waals surface area (Å²) in [7, 11) is -4.74. The quantitative estimate of drug-likeness (QED) is 0.0197. The fraction of sp³-hybridized carbons (Fsp3) is 0.827. The standard InChI is InChI=1S/C52H95O11P/c1-4-7-10-13-16-19-21-23-24-26-27-30-32-35-38-41-50(54)59-45-49(63-52(56)43-40-37-34-31-28-25-22-20-17-14-11-8-5-2)47-61-64(57,58)60-46-48(44-53)62-51(55)42-39-36-33-29-18-15-12-9-6-3/h16,19-20,22-24,48-49,53H,4-15,17-18,21,25-47H2,1-3H3,(H,57,58)/b19-16-,22-20-,24-23-. The summed E-state index contributed by atoms with van der Waals surface area (Å²) in [6, 6.07) is 0. The van der Waals surface area contributed by atoms with Crippen molar-refractivity contribution in [2.24, 2.45) is 0 Å². The largest absolute Gasteiger partial charge is 0.472 e. The molecule has 0 bridgehead atoms. The Kier molecular flexibility index (Phi) is 45.5. The van der Waals surface area contributed by atoms with E-state index in [1.54, 1.807) is 0 Å². The Hall–Kier alpha value is -2.30. The molecule has 11 nitrogen and oxygen atoms in total. The SMILES string of the molecule is CCCCC/C=C\C/C=C\CCCCCCCC(=O)OCC(COP(=O)(O)OCC(CO)OC(=O)CCCCCCCCCCC)OC(=O)CCCCCCC/C=C\CCCCCC. The number of esters is 3. The van der Waals surface area contributed by atoms with Gasteiger partial charge in [0, 0.05) is 19.3 Å². The number of aliphatic hydroxyl groups excluding tert-OH is 1. The fourth-order valence-electron chi connectivity index (χ4n) is 7.03. The zero-order valence-corrected chi connectivity index (χ0v) is 41.9. The molecule has 374 valence electrons. The molecule has 0 spiro atoms. The summed E-state index contributed by atoms with van der Waals surface area (Å²) >= 11 is 0. The molecule has 3 unspecified atom stereocenters. The number of hydrogen-bond acceptors (Lipinski definition) is 10. The summed E-state index contributed by atoms with van der Waals surface area (Å²) in [6.07, 6.45) is 45.5. The molecular weight excluding hydrogens is 832 g/mol. The molecule has 0 fully saturated rings. The Balaban J connectivity index is 4.76. The van der Waals surface area contributed by atoms with Crippen LogP contribution in [-0.2, 0) is 42.2 Å². The van der Waals surface area contributed by atoms with E-state index in [1.165, 1.54) is 77.0 Å². The molecule has 0 radical (unpaired) electrons. The molecule has 0 saturated carbocycles. The lowest BCUT2D eigenvalue weighted by Gasteiger charge is -2.21. The third-order valence-corrected chi connectivity index (χ3v) is 12.0. The van der Waals surface area contributed by atoms with Crippen LogP contribution in [0.5, 0.6) is 0 Å². The van der Waals surface area contributed by atoms with Gasteiger partial charge in [-0.25, -0.2) is 4.57 Å². The molecule has 0 rings (SSSR count). The van der Waals surface area contributed by atoms with Crippen molar-refractivity contribution in [3.05, 3.63) is 36.5 Å². The molecule has 0 amide bonds. The van der Waals surface area contributed by atoms with Crippen LogP contribution in [0.3, 0.4) is 0 Å². The minimum atomic E-state index is -4.74. The first-order valence-corrected chi connectivity index (χ1v) is 27.4. The minimum absolute atomic E-state index is 0.157. The Morgan fingerprint density at radius 2 is 0.766 bits per heavy atom. The van der Waals surface area contributed by atoms with Crippen molar-refractivity contribution >= 4 is 25.7 Å². The van der Waals surface area contributed by atoms with Crippen molar-refractivity contribution in [2.45, 2.75) is 251 Å². The average Bonchev–Trinajstić information content (AvgIpc) is 3.28. The molecule has 3 atom stereocenters. The second kappa shape index (κ2) is 47.2. The van der Waals surface area contributed by atoms with Gasteiger partial charge in [0.05, 0.1) is 19.8 Å². The number of hydrogen-bond donors (Lipinski definition) is 2. The van der Waals surface area contributed by atoms with Crippen molar-refractivity contribution in [2.75, 3.05) is 26.4 Å². The first kappa shape index (κ1) is 61.7. The van der Waals surface area contributed by atoms with Crippen LogP contribution >= 0.6 is 7.82 Å². The molecule has 0 aromatic heterocycles. The molecule has 0 aliphatic carbocycles. The Labute approximate surface area is 390 Å². The first-order valence-electron chi connectivity index (χ1n) is 25.9. The van der Waals surface area contributed by atoms with Gasteiger partial charge in [-0.15, -0.1) is 0 Å². The lowest BCUT2D eigenvalue weighted by molar-refractivity contribution is -0.161. The van der Waals surface area contributed by atoms with Gasteiger partial charge in [-0.3, -0.25) is 23.4 Å². The van der Waals surface area contributed by atoms with Crippen molar-refractivity contribution < 1.29 is 52.2 Å². The number of ether oxygens (including phenoxy) is 3. The fourth-order valence-corrected chi connectivity index (χ4v) is 7.81. The van der Waals surface area contributed by atoms with Gasteiger partial charge in [-0.2, -0.15) is 0 Å². The Morgan fingerprint density at radius 3 is 1.22 bits per heavy atom. The summed E-state index contributed by atoms with van der Waals surface area (Å²) in [5.41, 5.74) is 0. The molecule has 0 saturated heterocycles. The van der Waals surface area contributed by atoms with E-state index in [1.807, 2.05) is 0 Å². The van der Waals surface area contributed by atoms with E-state index >= 15 is 0 Å². The number of carbonyl (C=O) groups is 3. The number of unbranched alkanes of at least 4 members (excludes halogenated alkanes) is 25. The number of aliphatic hydroxyl groups is 1. The zero-order valence-electron chi connectivity index (χ0n) is 41.0. The van der Waals surface area contributed by atoms with Crippen LogP contribution in [0.4, 0.5) is 0 Å². The molecule has 0 aromatic rings. The maximum absolute atomic E-state index is 12.8. The lowest BCUT2D eigenvalue weighted by atomic mass is 10.1. The molecule has 0 heterocycles. The van der Waals surface area contributed by atoms with Crippen molar-refractivity contribution in [1.82, 2.24) is 0 Å². The molecular formula is C52H95O11P. The van der Waals surface area contributed by atoms with Crippen LogP contribution in [0, 0.1) is 0 Å². The van der Waals surface area contributed by atoms with Crippen LogP contribution in [0.1, 0.15) is 239 Å². The van der Waals surface area contributed by atoms with Crippen LogP contribution in [0.15, 0.2) is 36.5 Å². The van der Waals surface area contributed by atoms with Crippen molar-refractivity contribution in [3.63, 3.8) is 0 Å². The van der Waals surface area contributed by atoms with Gasteiger partial charge in [0.1, 0.15) is 12.7 Å². The normalized spacial score (nSPS) is 13.8. The third-order valence-electron chi connectivity index (χ3n) is 11.0. The second-order valence-corrected chi connectivity index (χ2v) is 18.8. The van der Waals surface area contributed by atoms with Gasteiger partial charge in [0.15, 0.2) is 6.10 Å². The van der Waals surface area contributed by atoms with Crippen molar-refractivity contribution in [3.8, 4) is 0 Å². The highest BCUT2D eigenvalue weighted by atomic mass is 31.2. The predicted molar refractivity (Wildman–Crippen MR) is 261 cm³/mol. The van der Waals surface area contributed by atoms with Crippen LogP contribution in [0.2, 0.25) is 0 Å². The van der Waals surface area contributed by atoms with Crippen molar-refractivity contribution in [1.29, 1.82) is 0 Å². The molecule has 0 aliphatic heterocycles. The van der Waals surface area contributed by atoms with Crippen LogP contribution < -0.4 is 0 Å². The summed E-state index contributed by atoms with van der Waals surface area (Å²) in [6.45, 7) is 4.55. The molecule has 12 heteroatoms. The second-order valence-electron chi connectivity index (χ2n) is 17.3. The molecule has 0 aromatic carbocycles. The van der Waals surface area contributed by atoms with Crippen LogP contribution in [-0.4, -0.2) is 66.5 Å². The van der Waals surface area contributed by atoms with E-state index in [-0.39, 0.29) is 25.9 Å². The van der Waals surface area contributed by atoms with Gasteiger partial charge in [0.2, 0.25) is 0 Å². The topological polar surface area (TPSA) is 155 Å². The number of allylic oxidation sites excluding steroid dienone is 6. The number of phosphoric acid groups is 1. The molecule has 0 aliphatic rings. The number of carbonyl (C=O) groups excluding carboxylic acids is 3. The minimum Gasteiger partial charge on any atom is -0.462 e. The molecule has 64 heavy (non-hydrogen) atoms. The maximum atomic E-state index is 12.8. The number of rotatable bonds is 48. The summed E-state index contributed by atoms with van der Waals surface area (Å²) in [4.78, 5) is 48.2. The van der Waals surface area contributed by atoms with Gasteiger partial charge in [-0.1, -0.05) is 179 Å². The average molecular weight is 927 g/mol. The predicted octanol–water partition coefficient (Wildman–Crippen LogP) is 14.5. The van der Waals surface area contributed by atoms with Gasteiger partial charge in [0.25, 0.3) is 0 Å². The molecule has 2 N–H and O–H groups in total. The zero-order chi connectivity index (χ0) is 47.0. The highest BCUT2D eigenvalue weighted by Gasteiger charge is 2.28. The summed E-state index contributed by atoms with van der Waals surface area (Å²) < 4.78 is 39.3. The Morgan fingerprint density at radius 1 is 0.438 bits per heavy atom. The van der Waals surface area contributed by atoms with E-state index < -0.39 is 57.8 Å². The highest BCUT2D eigenvalue weighted by molar-refractivity contribution is 7.47. The van der Waals surface area contributed by atoms with E-state index in [0.717, 1.165) is 103 Å². The van der Waals surface area contributed by atoms with E-state index in [2.05, 4.69) is 57.2 Å². The maximum Gasteiger partial charge on any atom is 0.472 e. The first-order chi connectivity index (χ1) is 31.2. The summed E-state index contributed by atoms with van der Waals surface area (Å²) in [5.74, 6) is -1.48. The van der Waals surface area contributed by atoms with Crippen LogP contribution in [0.25, 0.3) is 0 Å². The Bertz CT molecular complexity index is 1220. The van der Waals surface area contributed by atoms with E-state index in [4.69, 9.17) is 23.3 Å². The van der Waals surface area contributed by atoms with E-state index in [9.17, 15) is 28.9 Å².